The van der Waals surface area contributed by atoms with Crippen LogP contribution in [0.2, 0.25) is 0 Å². The number of rotatable bonds is 5. The van der Waals surface area contributed by atoms with Gasteiger partial charge in [-0.2, -0.15) is 0 Å². The highest BCUT2D eigenvalue weighted by atomic mass is 16.8. The fourth-order valence-electron chi connectivity index (χ4n) is 0.722. The predicted octanol–water partition coefficient (Wildman–Crippen LogP) is 1.08. The third-order valence-corrected chi connectivity index (χ3v) is 1.24. The van der Waals surface area contributed by atoms with E-state index in [1.165, 1.54) is 6.92 Å². The molecule has 0 saturated carbocycles. The molecule has 7 heteroatoms. The maximum Gasteiger partial charge on any atom is 0.511 e. The van der Waals surface area contributed by atoms with Crippen molar-refractivity contribution in [2.75, 3.05) is 0 Å². The summed E-state index contributed by atoms with van der Waals surface area (Å²) in [6.07, 6.45) is -1.16. The van der Waals surface area contributed by atoms with Crippen LogP contribution in [0.15, 0.2) is 12.2 Å². The van der Waals surface area contributed by atoms with E-state index in [0.717, 1.165) is 0 Å². The molecule has 96 valence electrons. The maximum atomic E-state index is 11.0. The van der Waals surface area contributed by atoms with E-state index < -0.39 is 24.4 Å². The van der Waals surface area contributed by atoms with Crippen LogP contribution in [-0.4, -0.2) is 35.6 Å². The lowest BCUT2D eigenvalue weighted by atomic mass is 10.5. The first-order valence-electron chi connectivity index (χ1n) is 4.80. The lowest BCUT2D eigenvalue weighted by Crippen LogP contribution is -2.23. The second-order valence-electron chi connectivity index (χ2n) is 3.21. The van der Waals surface area contributed by atoms with Crippen molar-refractivity contribution in [2.45, 2.75) is 33.2 Å². The Labute approximate surface area is 98.0 Å². The van der Waals surface area contributed by atoms with E-state index in [1.807, 2.05) is 0 Å². The first kappa shape index (κ1) is 14.9. The average molecular weight is 246 g/mol. The Kier molecular flexibility index (Phi) is 6.39. The van der Waals surface area contributed by atoms with Gasteiger partial charge in [-0.1, -0.05) is 0 Å². The average Bonchev–Trinajstić information content (AvgIpc) is 2.12. The molecule has 1 N–H and O–H groups in total. The van der Waals surface area contributed by atoms with Gasteiger partial charge in [-0.05, 0) is 13.8 Å². The molecule has 0 spiro atoms. The SMILES string of the molecule is CC(C)OC(=O)OC(C)OC(=O)C=CC(=O)O. The second kappa shape index (κ2) is 7.26. The van der Waals surface area contributed by atoms with Gasteiger partial charge in [-0.3, -0.25) is 0 Å². The van der Waals surface area contributed by atoms with Crippen LogP contribution < -0.4 is 0 Å². The molecular formula is C10H14O7. The van der Waals surface area contributed by atoms with Crippen molar-refractivity contribution < 1.29 is 33.7 Å². The maximum absolute atomic E-state index is 11.0. The topological polar surface area (TPSA) is 99.1 Å². The van der Waals surface area contributed by atoms with Crippen LogP contribution in [0.3, 0.4) is 0 Å². The molecule has 7 nitrogen and oxygen atoms in total. The van der Waals surface area contributed by atoms with Crippen LogP contribution in [0.25, 0.3) is 0 Å². The van der Waals surface area contributed by atoms with Gasteiger partial charge in [0.25, 0.3) is 0 Å². The Morgan fingerprint density at radius 2 is 1.59 bits per heavy atom. The highest BCUT2D eigenvalue weighted by Crippen LogP contribution is 2.00. The summed E-state index contributed by atoms with van der Waals surface area (Å²) in [5, 5.41) is 8.24. The monoisotopic (exact) mass is 246 g/mol. The summed E-state index contributed by atoms with van der Waals surface area (Å²) in [7, 11) is 0. The van der Waals surface area contributed by atoms with Crippen molar-refractivity contribution >= 4 is 18.1 Å². The van der Waals surface area contributed by atoms with Crippen molar-refractivity contribution in [2.24, 2.45) is 0 Å². The molecular weight excluding hydrogens is 232 g/mol. The molecule has 0 heterocycles. The highest BCUT2D eigenvalue weighted by molar-refractivity contribution is 5.90. The Hall–Kier alpha value is -2.05. The third kappa shape index (κ3) is 8.91. The molecule has 0 aromatic heterocycles. The van der Waals surface area contributed by atoms with Gasteiger partial charge in [-0.25, -0.2) is 14.4 Å². The van der Waals surface area contributed by atoms with Gasteiger partial charge in [0.05, 0.1) is 6.10 Å². The van der Waals surface area contributed by atoms with Crippen molar-refractivity contribution in [3.8, 4) is 0 Å². The van der Waals surface area contributed by atoms with E-state index in [1.54, 1.807) is 13.8 Å². The fraction of sp³-hybridized carbons (Fsp3) is 0.500. The van der Waals surface area contributed by atoms with E-state index in [2.05, 4.69) is 14.2 Å². The van der Waals surface area contributed by atoms with Crippen LogP contribution in [0.4, 0.5) is 4.79 Å². The summed E-state index contributed by atoms with van der Waals surface area (Å²) in [5.41, 5.74) is 0. The van der Waals surface area contributed by atoms with Crippen LogP contribution in [-0.2, 0) is 23.8 Å². The van der Waals surface area contributed by atoms with Gasteiger partial charge in [0, 0.05) is 19.1 Å². The molecule has 1 unspecified atom stereocenters. The van der Waals surface area contributed by atoms with Crippen molar-refractivity contribution in [3.63, 3.8) is 0 Å². The molecule has 0 rings (SSSR count). The van der Waals surface area contributed by atoms with Crippen LogP contribution >= 0.6 is 0 Å². The fourth-order valence-corrected chi connectivity index (χ4v) is 0.722. The number of carboxylic acid groups (broad SMARTS) is 1. The van der Waals surface area contributed by atoms with Crippen LogP contribution in [0.1, 0.15) is 20.8 Å². The zero-order valence-corrected chi connectivity index (χ0v) is 9.71. The minimum atomic E-state index is -1.28. The molecule has 0 aliphatic carbocycles. The Bertz CT molecular complexity index is 319. The number of hydrogen-bond donors (Lipinski definition) is 1. The zero-order chi connectivity index (χ0) is 13.4. The first-order valence-corrected chi connectivity index (χ1v) is 4.80. The molecule has 0 saturated heterocycles. The summed E-state index contributed by atoms with van der Waals surface area (Å²) < 4.78 is 13.7. The molecule has 0 aliphatic rings. The molecule has 17 heavy (non-hydrogen) atoms. The molecule has 1 atom stereocenters. The number of aliphatic carboxylic acids is 1. The largest absolute Gasteiger partial charge is 0.511 e. The first-order chi connectivity index (χ1) is 7.81. The molecule has 0 aliphatic heterocycles. The molecule has 0 fully saturated rings. The second-order valence-corrected chi connectivity index (χ2v) is 3.21. The normalized spacial score (nSPS) is 12.2. The lowest BCUT2D eigenvalue weighted by molar-refractivity contribution is -0.162. The van der Waals surface area contributed by atoms with E-state index in [9.17, 15) is 14.4 Å². The standard InChI is InChI=1S/C10H14O7/c1-6(2)15-10(14)17-7(3)16-9(13)5-4-8(11)12/h4-7H,1-3H3,(H,11,12). The molecule has 0 aromatic carbocycles. The van der Waals surface area contributed by atoms with Gasteiger partial charge in [0.2, 0.25) is 6.29 Å². The predicted molar refractivity (Wildman–Crippen MR) is 55.0 cm³/mol. The number of carbonyl (C=O) groups excluding carboxylic acids is 2. The minimum absolute atomic E-state index is 0.350. The van der Waals surface area contributed by atoms with Crippen molar-refractivity contribution in [3.05, 3.63) is 12.2 Å². The van der Waals surface area contributed by atoms with Gasteiger partial charge < -0.3 is 19.3 Å². The number of carboxylic acids is 1. The Morgan fingerprint density at radius 3 is 2.06 bits per heavy atom. The van der Waals surface area contributed by atoms with Gasteiger partial charge in [-0.15, -0.1) is 0 Å². The summed E-state index contributed by atoms with van der Waals surface area (Å²) >= 11 is 0. The number of hydrogen-bond acceptors (Lipinski definition) is 6. The van der Waals surface area contributed by atoms with Crippen molar-refractivity contribution in [1.82, 2.24) is 0 Å². The van der Waals surface area contributed by atoms with E-state index in [-0.39, 0.29) is 6.10 Å². The lowest BCUT2D eigenvalue weighted by Gasteiger charge is -2.13. The number of esters is 1. The summed E-state index contributed by atoms with van der Waals surface area (Å²) in [6, 6.07) is 0. The van der Waals surface area contributed by atoms with E-state index >= 15 is 0 Å². The van der Waals surface area contributed by atoms with Crippen molar-refractivity contribution in [1.29, 1.82) is 0 Å². The Morgan fingerprint density at radius 1 is 1.00 bits per heavy atom. The van der Waals surface area contributed by atoms with Gasteiger partial charge >= 0.3 is 18.1 Å². The minimum Gasteiger partial charge on any atom is -0.478 e. The Balaban J connectivity index is 4.01. The quantitative estimate of drug-likeness (QED) is 0.440. The van der Waals surface area contributed by atoms with Gasteiger partial charge in [0.15, 0.2) is 0 Å². The van der Waals surface area contributed by atoms with Crippen LogP contribution in [0.5, 0.6) is 0 Å². The molecule has 0 aromatic rings. The smallest absolute Gasteiger partial charge is 0.478 e. The van der Waals surface area contributed by atoms with E-state index in [0.29, 0.717) is 12.2 Å². The third-order valence-electron chi connectivity index (χ3n) is 1.24. The summed E-state index contributed by atoms with van der Waals surface area (Å²) in [4.78, 5) is 32.0. The highest BCUT2D eigenvalue weighted by Gasteiger charge is 2.14. The van der Waals surface area contributed by atoms with Gasteiger partial charge in [0.1, 0.15) is 0 Å². The summed E-state index contributed by atoms with van der Waals surface area (Å²) in [5.74, 6) is -2.22. The summed E-state index contributed by atoms with van der Waals surface area (Å²) in [6.45, 7) is 4.56. The number of ether oxygens (including phenoxy) is 3. The van der Waals surface area contributed by atoms with E-state index in [4.69, 9.17) is 5.11 Å². The molecule has 0 amide bonds. The zero-order valence-electron chi connectivity index (χ0n) is 9.71. The molecule has 0 bridgehead atoms. The number of carbonyl (C=O) groups is 3. The van der Waals surface area contributed by atoms with Crippen LogP contribution in [0, 0.1) is 0 Å². The molecule has 0 radical (unpaired) electrons.